The van der Waals surface area contributed by atoms with E-state index in [1.165, 1.54) is 0 Å². The number of para-hydroxylation sites is 2. The Morgan fingerprint density at radius 2 is 1.52 bits per heavy atom. The highest BCUT2D eigenvalue weighted by atomic mass is 16.2. The molecule has 2 amide bonds. The summed E-state index contributed by atoms with van der Waals surface area (Å²) in [6, 6.07) is 19.0. The van der Waals surface area contributed by atoms with E-state index in [9.17, 15) is 9.59 Å². The summed E-state index contributed by atoms with van der Waals surface area (Å²) in [7, 11) is 0. The van der Waals surface area contributed by atoms with Gasteiger partial charge in [-0.15, -0.1) is 0 Å². The van der Waals surface area contributed by atoms with E-state index in [0.29, 0.717) is 12.8 Å². The molecule has 0 spiro atoms. The fourth-order valence-corrected chi connectivity index (χ4v) is 3.71. The molecule has 2 aromatic carbocycles. The molecule has 5 heteroatoms. The minimum absolute atomic E-state index is 0.00307. The smallest absolute Gasteiger partial charge is 0.226 e. The number of nitrogens with one attached hydrogen (secondary N) is 3. The van der Waals surface area contributed by atoms with E-state index >= 15 is 0 Å². The molecule has 0 radical (unpaired) electrons. The van der Waals surface area contributed by atoms with Crippen molar-refractivity contribution in [2.75, 3.05) is 10.6 Å². The first-order chi connectivity index (χ1) is 13.0. The highest BCUT2D eigenvalue weighted by Gasteiger charge is 2.34. The maximum atomic E-state index is 12.4. The van der Waals surface area contributed by atoms with Crippen LogP contribution < -0.4 is 16.0 Å². The summed E-state index contributed by atoms with van der Waals surface area (Å²) in [5.74, 6) is -0.0118. The zero-order chi connectivity index (χ0) is 19.1. The van der Waals surface area contributed by atoms with Gasteiger partial charge in [-0.1, -0.05) is 42.8 Å². The summed E-state index contributed by atoms with van der Waals surface area (Å²) in [5.41, 5.74) is 1.32. The summed E-state index contributed by atoms with van der Waals surface area (Å²) >= 11 is 0. The molecule has 142 valence electrons. The molecule has 0 aliphatic carbocycles. The van der Waals surface area contributed by atoms with Gasteiger partial charge in [-0.3, -0.25) is 9.59 Å². The number of benzene rings is 2. The van der Waals surface area contributed by atoms with Gasteiger partial charge in [0, 0.05) is 35.8 Å². The molecule has 2 atom stereocenters. The second kappa shape index (κ2) is 8.82. The molecule has 1 saturated heterocycles. The molecular formula is C22H27N3O2. The van der Waals surface area contributed by atoms with E-state index in [0.717, 1.165) is 30.6 Å². The van der Waals surface area contributed by atoms with Gasteiger partial charge in [-0.2, -0.15) is 0 Å². The van der Waals surface area contributed by atoms with E-state index in [2.05, 4.69) is 22.9 Å². The van der Waals surface area contributed by atoms with E-state index < -0.39 is 0 Å². The van der Waals surface area contributed by atoms with Crippen LogP contribution in [0.15, 0.2) is 60.7 Å². The number of hydrogen-bond acceptors (Lipinski definition) is 3. The predicted octanol–water partition coefficient (Wildman–Crippen LogP) is 3.94. The minimum atomic E-state index is -0.297. The van der Waals surface area contributed by atoms with Crippen LogP contribution in [0.2, 0.25) is 0 Å². The number of carbonyl (C=O) groups excluding carboxylic acids is 2. The third-order valence-corrected chi connectivity index (χ3v) is 4.93. The van der Waals surface area contributed by atoms with E-state index in [1.54, 1.807) is 0 Å². The Bertz CT molecular complexity index is 764. The molecule has 27 heavy (non-hydrogen) atoms. The van der Waals surface area contributed by atoms with Gasteiger partial charge in [0.25, 0.3) is 0 Å². The third-order valence-electron chi connectivity index (χ3n) is 4.93. The Hall–Kier alpha value is -2.66. The van der Waals surface area contributed by atoms with Gasteiger partial charge in [-0.05, 0) is 44.0 Å². The lowest BCUT2D eigenvalue weighted by Crippen LogP contribution is -2.53. The van der Waals surface area contributed by atoms with Gasteiger partial charge in [0.15, 0.2) is 0 Å². The molecular weight excluding hydrogens is 338 g/mol. The Labute approximate surface area is 160 Å². The summed E-state index contributed by atoms with van der Waals surface area (Å²) in [6.07, 6.45) is 3.67. The van der Waals surface area contributed by atoms with Crippen LogP contribution in [0.3, 0.4) is 0 Å². The molecule has 1 aliphatic rings. The van der Waals surface area contributed by atoms with Crippen molar-refractivity contribution >= 4 is 23.2 Å². The van der Waals surface area contributed by atoms with E-state index in [1.807, 2.05) is 60.7 Å². The zero-order valence-corrected chi connectivity index (χ0v) is 15.7. The van der Waals surface area contributed by atoms with Crippen molar-refractivity contribution in [2.45, 2.75) is 50.6 Å². The monoisotopic (exact) mass is 365 g/mol. The molecule has 2 aromatic rings. The second-order valence-corrected chi connectivity index (χ2v) is 7.50. The predicted molar refractivity (Wildman–Crippen MR) is 109 cm³/mol. The van der Waals surface area contributed by atoms with Crippen LogP contribution in [-0.4, -0.2) is 23.4 Å². The number of carbonyl (C=O) groups is 2. The van der Waals surface area contributed by atoms with Crippen molar-refractivity contribution in [2.24, 2.45) is 0 Å². The van der Waals surface area contributed by atoms with Gasteiger partial charge >= 0.3 is 0 Å². The summed E-state index contributed by atoms with van der Waals surface area (Å²) in [4.78, 5) is 24.8. The average Bonchev–Trinajstić information content (AvgIpc) is 2.62. The topological polar surface area (TPSA) is 70.2 Å². The molecule has 5 nitrogen and oxygen atoms in total. The van der Waals surface area contributed by atoms with Crippen LogP contribution >= 0.6 is 0 Å². The Balaban J connectivity index is 1.51. The molecule has 3 rings (SSSR count). The Morgan fingerprint density at radius 3 is 2.11 bits per heavy atom. The Kier molecular flexibility index (Phi) is 6.24. The summed E-state index contributed by atoms with van der Waals surface area (Å²) in [5, 5.41) is 9.42. The van der Waals surface area contributed by atoms with Gasteiger partial charge in [0.1, 0.15) is 0 Å². The maximum Gasteiger partial charge on any atom is 0.226 e. The zero-order valence-electron chi connectivity index (χ0n) is 15.7. The molecule has 1 heterocycles. The number of amides is 2. The number of hydrogen-bond donors (Lipinski definition) is 3. The number of rotatable bonds is 6. The molecule has 1 fully saturated rings. The minimum Gasteiger partial charge on any atom is -0.326 e. The van der Waals surface area contributed by atoms with E-state index in [-0.39, 0.29) is 23.4 Å². The largest absolute Gasteiger partial charge is 0.326 e. The maximum absolute atomic E-state index is 12.4. The first-order valence-corrected chi connectivity index (χ1v) is 9.50. The van der Waals surface area contributed by atoms with Crippen LogP contribution in [0.5, 0.6) is 0 Å². The Morgan fingerprint density at radius 1 is 0.963 bits per heavy atom. The SMILES string of the molecule is CC1(CC(=O)Nc2ccccc2)CCCC(CC(=O)Nc2ccccc2)N1. The lowest BCUT2D eigenvalue weighted by Gasteiger charge is -2.39. The van der Waals surface area contributed by atoms with Crippen molar-refractivity contribution in [3.8, 4) is 0 Å². The highest BCUT2D eigenvalue weighted by Crippen LogP contribution is 2.27. The summed E-state index contributed by atoms with van der Waals surface area (Å²) < 4.78 is 0. The fraction of sp³-hybridized carbons (Fsp3) is 0.364. The normalized spacial score (nSPS) is 22.0. The fourth-order valence-electron chi connectivity index (χ4n) is 3.71. The second-order valence-electron chi connectivity index (χ2n) is 7.50. The van der Waals surface area contributed by atoms with Crippen molar-refractivity contribution in [1.29, 1.82) is 0 Å². The van der Waals surface area contributed by atoms with Crippen LogP contribution in [-0.2, 0) is 9.59 Å². The van der Waals surface area contributed by atoms with Crippen molar-refractivity contribution < 1.29 is 9.59 Å². The van der Waals surface area contributed by atoms with Crippen LogP contribution in [0.25, 0.3) is 0 Å². The molecule has 2 unspecified atom stereocenters. The van der Waals surface area contributed by atoms with Gasteiger partial charge in [0.2, 0.25) is 11.8 Å². The standard InChI is InChI=1S/C22H27N3O2/c1-22(16-21(27)24-18-11-6-3-7-12-18)14-8-13-19(25-22)15-20(26)23-17-9-4-2-5-10-17/h2-7,9-12,19,25H,8,13-16H2,1H3,(H,23,26)(H,24,27). The van der Waals surface area contributed by atoms with Crippen LogP contribution in [0.1, 0.15) is 39.0 Å². The molecule has 0 aromatic heterocycles. The third kappa shape index (κ3) is 5.93. The first-order valence-electron chi connectivity index (χ1n) is 9.50. The van der Waals surface area contributed by atoms with Gasteiger partial charge < -0.3 is 16.0 Å². The lowest BCUT2D eigenvalue weighted by molar-refractivity contribution is -0.117. The number of piperidine rings is 1. The van der Waals surface area contributed by atoms with Crippen molar-refractivity contribution in [1.82, 2.24) is 5.32 Å². The van der Waals surface area contributed by atoms with Crippen molar-refractivity contribution in [3.63, 3.8) is 0 Å². The molecule has 1 aliphatic heterocycles. The average molecular weight is 365 g/mol. The molecule has 3 N–H and O–H groups in total. The number of anilines is 2. The van der Waals surface area contributed by atoms with Gasteiger partial charge in [-0.25, -0.2) is 0 Å². The van der Waals surface area contributed by atoms with Crippen molar-refractivity contribution in [3.05, 3.63) is 60.7 Å². The lowest BCUT2D eigenvalue weighted by atomic mass is 9.83. The highest BCUT2D eigenvalue weighted by molar-refractivity contribution is 5.92. The first kappa shape index (κ1) is 19.1. The van der Waals surface area contributed by atoms with Gasteiger partial charge in [0.05, 0.1) is 0 Å². The summed E-state index contributed by atoms with van der Waals surface area (Å²) in [6.45, 7) is 2.07. The molecule has 0 bridgehead atoms. The van der Waals surface area contributed by atoms with Crippen LogP contribution in [0.4, 0.5) is 11.4 Å². The quantitative estimate of drug-likeness (QED) is 0.726. The van der Waals surface area contributed by atoms with Crippen LogP contribution in [0, 0.1) is 0 Å². The van der Waals surface area contributed by atoms with E-state index in [4.69, 9.17) is 0 Å². The molecule has 0 saturated carbocycles.